The largest absolute Gasteiger partial charge is 0.490 e. The molecule has 0 bridgehead atoms. The second kappa shape index (κ2) is 5.95. The van der Waals surface area contributed by atoms with Gasteiger partial charge < -0.3 is 4.74 Å². The average molecular weight is 303 g/mol. The lowest BCUT2D eigenvalue weighted by atomic mass is 9.90. The minimum absolute atomic E-state index is 0.117. The first-order chi connectivity index (χ1) is 9.47. The Bertz CT molecular complexity index is 519. The molecule has 2 rings (SSSR count). The van der Waals surface area contributed by atoms with Crippen molar-refractivity contribution in [2.24, 2.45) is 5.41 Å². The third-order valence-electron chi connectivity index (χ3n) is 3.73. The molecule has 20 heavy (non-hydrogen) atoms. The van der Waals surface area contributed by atoms with E-state index < -0.39 is 22.2 Å². The zero-order valence-electron chi connectivity index (χ0n) is 10.8. The summed E-state index contributed by atoms with van der Waals surface area (Å²) in [5.41, 5.74) is -1.01. The Morgan fingerprint density at radius 2 is 1.95 bits per heavy atom. The first-order valence-electron chi connectivity index (χ1n) is 6.34. The molecule has 1 saturated carbocycles. The highest BCUT2D eigenvalue weighted by Crippen LogP contribution is 2.40. The lowest BCUT2D eigenvalue weighted by Gasteiger charge is -2.26. The molecule has 110 valence electrons. The first-order valence-corrected chi connectivity index (χ1v) is 6.98. The van der Waals surface area contributed by atoms with Crippen molar-refractivity contribution in [1.82, 2.24) is 0 Å². The van der Waals surface area contributed by atoms with Crippen LogP contribution in [0.1, 0.15) is 25.7 Å². The molecule has 0 amide bonds. The molecule has 4 nitrogen and oxygen atoms in total. The maximum Gasteiger partial charge on any atom is 0.307 e. The van der Waals surface area contributed by atoms with Gasteiger partial charge in [-0.15, -0.1) is 0 Å². The smallest absolute Gasteiger partial charge is 0.307 e. The SMILES string of the molecule is O=[N+]([O-])c1cc(F)c(OCC2(CS)CCCC2)cc1F. The van der Waals surface area contributed by atoms with Crippen LogP contribution in [0.4, 0.5) is 14.5 Å². The molecule has 0 unspecified atom stereocenters. The summed E-state index contributed by atoms with van der Waals surface area (Å²) in [5.74, 6) is -1.70. The summed E-state index contributed by atoms with van der Waals surface area (Å²) in [7, 11) is 0. The van der Waals surface area contributed by atoms with Gasteiger partial charge in [0.15, 0.2) is 11.6 Å². The van der Waals surface area contributed by atoms with Crippen LogP contribution >= 0.6 is 12.6 Å². The van der Waals surface area contributed by atoms with Crippen LogP contribution in [-0.4, -0.2) is 17.3 Å². The van der Waals surface area contributed by atoms with E-state index in [2.05, 4.69) is 12.6 Å². The molecule has 7 heteroatoms. The van der Waals surface area contributed by atoms with E-state index in [9.17, 15) is 18.9 Å². The number of ether oxygens (including phenoxy) is 1. The molecule has 1 aliphatic rings. The number of hydrogen-bond donors (Lipinski definition) is 1. The normalized spacial score (nSPS) is 17.1. The summed E-state index contributed by atoms with van der Waals surface area (Å²) in [6.45, 7) is 0.241. The summed E-state index contributed by atoms with van der Waals surface area (Å²) in [5, 5.41) is 10.5. The first kappa shape index (κ1) is 15.0. The Balaban J connectivity index is 2.14. The minimum Gasteiger partial charge on any atom is -0.490 e. The Kier molecular flexibility index (Phi) is 4.47. The van der Waals surface area contributed by atoms with E-state index >= 15 is 0 Å². The topological polar surface area (TPSA) is 52.4 Å². The van der Waals surface area contributed by atoms with Crippen molar-refractivity contribution < 1.29 is 18.4 Å². The van der Waals surface area contributed by atoms with Crippen molar-refractivity contribution in [3.8, 4) is 5.75 Å². The summed E-state index contributed by atoms with van der Waals surface area (Å²) < 4.78 is 32.5. The third kappa shape index (κ3) is 3.03. The van der Waals surface area contributed by atoms with Crippen molar-refractivity contribution in [3.63, 3.8) is 0 Å². The molecule has 1 aliphatic carbocycles. The number of halogens is 2. The standard InChI is InChI=1S/C13H15F2NO3S/c14-9-6-12(10(15)5-11(9)16(17)18)19-7-13(8-20)3-1-2-4-13/h5-6,20H,1-4,7-8H2. The zero-order valence-corrected chi connectivity index (χ0v) is 11.7. The van der Waals surface area contributed by atoms with Gasteiger partial charge in [0, 0.05) is 11.5 Å². The van der Waals surface area contributed by atoms with Crippen LogP contribution in [0, 0.1) is 27.2 Å². The second-order valence-corrected chi connectivity index (χ2v) is 5.46. The van der Waals surface area contributed by atoms with Gasteiger partial charge in [-0.3, -0.25) is 10.1 Å². The summed E-state index contributed by atoms with van der Waals surface area (Å²) in [4.78, 5) is 9.53. The van der Waals surface area contributed by atoms with Crippen LogP contribution in [0.2, 0.25) is 0 Å². The Hall–Kier alpha value is -1.37. The Morgan fingerprint density at radius 3 is 2.50 bits per heavy atom. The number of benzene rings is 1. The van der Waals surface area contributed by atoms with Gasteiger partial charge in [0.2, 0.25) is 5.82 Å². The van der Waals surface area contributed by atoms with Gasteiger partial charge in [0.05, 0.1) is 17.6 Å². The molecule has 0 saturated heterocycles. The monoisotopic (exact) mass is 303 g/mol. The molecule has 0 aromatic heterocycles. The van der Waals surface area contributed by atoms with Gasteiger partial charge in [0.1, 0.15) is 0 Å². The van der Waals surface area contributed by atoms with E-state index in [0.717, 1.165) is 31.7 Å². The Morgan fingerprint density at radius 1 is 1.30 bits per heavy atom. The second-order valence-electron chi connectivity index (χ2n) is 5.15. The fourth-order valence-electron chi connectivity index (χ4n) is 2.47. The highest BCUT2D eigenvalue weighted by Gasteiger charge is 2.34. The van der Waals surface area contributed by atoms with Crippen LogP contribution in [-0.2, 0) is 0 Å². The quantitative estimate of drug-likeness (QED) is 0.512. The zero-order chi connectivity index (χ0) is 14.8. The maximum atomic E-state index is 13.7. The van der Waals surface area contributed by atoms with Crippen LogP contribution in [0.15, 0.2) is 12.1 Å². The number of rotatable bonds is 5. The summed E-state index contributed by atoms with van der Waals surface area (Å²) >= 11 is 4.30. The van der Waals surface area contributed by atoms with Crippen LogP contribution in [0.3, 0.4) is 0 Å². The molecular weight excluding hydrogens is 288 g/mol. The molecule has 0 atom stereocenters. The molecule has 0 radical (unpaired) electrons. The third-order valence-corrected chi connectivity index (χ3v) is 4.40. The lowest BCUT2D eigenvalue weighted by molar-refractivity contribution is -0.387. The van der Waals surface area contributed by atoms with Gasteiger partial charge in [-0.1, -0.05) is 12.8 Å². The number of nitro groups is 1. The number of hydrogen-bond acceptors (Lipinski definition) is 4. The minimum atomic E-state index is -1.10. The van der Waals surface area contributed by atoms with Crippen molar-refractivity contribution >= 4 is 18.3 Å². The highest BCUT2D eigenvalue weighted by atomic mass is 32.1. The van der Waals surface area contributed by atoms with Crippen molar-refractivity contribution in [3.05, 3.63) is 33.9 Å². The predicted molar refractivity (Wildman–Crippen MR) is 73.3 cm³/mol. The van der Waals surface area contributed by atoms with Crippen molar-refractivity contribution in [2.75, 3.05) is 12.4 Å². The van der Waals surface area contributed by atoms with Crippen LogP contribution in [0.25, 0.3) is 0 Å². The molecule has 0 heterocycles. The van der Waals surface area contributed by atoms with E-state index in [1.807, 2.05) is 0 Å². The fourth-order valence-corrected chi connectivity index (χ4v) is 2.88. The fraction of sp³-hybridized carbons (Fsp3) is 0.538. The Labute approximate surface area is 120 Å². The van der Waals surface area contributed by atoms with Crippen LogP contribution < -0.4 is 4.74 Å². The van der Waals surface area contributed by atoms with Crippen LogP contribution in [0.5, 0.6) is 5.75 Å². The van der Waals surface area contributed by atoms with E-state index in [-0.39, 0.29) is 17.8 Å². The highest BCUT2D eigenvalue weighted by molar-refractivity contribution is 7.80. The maximum absolute atomic E-state index is 13.7. The lowest BCUT2D eigenvalue weighted by Crippen LogP contribution is -2.27. The molecule has 0 N–H and O–H groups in total. The average Bonchev–Trinajstić information content (AvgIpc) is 2.88. The summed E-state index contributed by atoms with van der Waals surface area (Å²) in [6, 6.07) is 1.28. The van der Waals surface area contributed by atoms with E-state index in [1.54, 1.807) is 0 Å². The molecule has 1 aromatic carbocycles. The van der Waals surface area contributed by atoms with Gasteiger partial charge in [0.25, 0.3) is 0 Å². The van der Waals surface area contributed by atoms with E-state index in [1.165, 1.54) is 0 Å². The van der Waals surface area contributed by atoms with Crippen molar-refractivity contribution in [2.45, 2.75) is 25.7 Å². The molecule has 1 aromatic rings. The number of thiol groups is 1. The molecule has 0 spiro atoms. The molecule has 1 fully saturated rings. The van der Waals surface area contributed by atoms with Crippen molar-refractivity contribution in [1.29, 1.82) is 0 Å². The number of nitro benzene ring substituents is 1. The van der Waals surface area contributed by atoms with Gasteiger partial charge in [-0.2, -0.15) is 17.0 Å². The molecular formula is C13H15F2NO3S. The van der Waals surface area contributed by atoms with Gasteiger partial charge >= 0.3 is 5.69 Å². The van der Waals surface area contributed by atoms with Gasteiger partial charge in [-0.25, -0.2) is 4.39 Å². The van der Waals surface area contributed by atoms with E-state index in [4.69, 9.17) is 4.74 Å². The van der Waals surface area contributed by atoms with Gasteiger partial charge in [-0.05, 0) is 18.6 Å². The summed E-state index contributed by atoms with van der Waals surface area (Å²) in [6.07, 6.45) is 4.02. The van der Waals surface area contributed by atoms with E-state index in [0.29, 0.717) is 11.8 Å². The predicted octanol–water partition coefficient (Wildman–Crippen LogP) is 3.74. The molecule has 0 aliphatic heterocycles. The number of nitrogens with zero attached hydrogens (tertiary/aromatic N) is 1.